The number of hydrogen-bond donors (Lipinski definition) is 0. The molecule has 2 heterocycles. The summed E-state index contributed by atoms with van der Waals surface area (Å²) in [5.41, 5.74) is 5.50. The maximum absolute atomic E-state index is 13.3. The van der Waals surface area contributed by atoms with E-state index in [9.17, 15) is 4.79 Å². The second kappa shape index (κ2) is 8.77. The van der Waals surface area contributed by atoms with E-state index >= 15 is 0 Å². The fourth-order valence-electron chi connectivity index (χ4n) is 6.95. The van der Waals surface area contributed by atoms with Gasteiger partial charge in [-0.2, -0.15) is 0 Å². The lowest BCUT2D eigenvalue weighted by molar-refractivity contribution is -0.0115. The molecule has 0 bridgehead atoms. The molecule has 3 atom stereocenters. The monoisotopic (exact) mass is 516 g/mol. The summed E-state index contributed by atoms with van der Waals surface area (Å²) in [5.74, 6) is 3.12. The third-order valence-electron chi connectivity index (χ3n) is 8.95. The summed E-state index contributed by atoms with van der Waals surface area (Å²) in [6.07, 6.45) is 3.52. The molecule has 0 N–H and O–H groups in total. The zero-order valence-corrected chi connectivity index (χ0v) is 22.8. The van der Waals surface area contributed by atoms with Crippen LogP contribution in [0.3, 0.4) is 0 Å². The van der Waals surface area contributed by atoms with Crippen molar-refractivity contribution in [2.45, 2.75) is 51.6 Å². The number of ether oxygens (including phenoxy) is 2. The van der Waals surface area contributed by atoms with Crippen molar-refractivity contribution in [1.29, 1.82) is 0 Å². The zero-order chi connectivity index (χ0) is 26.9. The van der Waals surface area contributed by atoms with Gasteiger partial charge in [0.1, 0.15) is 17.1 Å². The fourth-order valence-corrected chi connectivity index (χ4v) is 6.95. The van der Waals surface area contributed by atoms with Crippen LogP contribution >= 0.6 is 0 Å². The first-order valence-electron chi connectivity index (χ1n) is 13.9. The molecule has 0 radical (unpaired) electrons. The quantitative estimate of drug-likeness (QED) is 0.139. The molecule has 5 nitrogen and oxygen atoms in total. The highest BCUT2D eigenvalue weighted by Gasteiger charge is 2.47. The molecule has 1 saturated carbocycles. The summed E-state index contributed by atoms with van der Waals surface area (Å²) in [5, 5.41) is 2.12. The van der Waals surface area contributed by atoms with Crippen LogP contribution in [0.2, 0.25) is 0 Å². The minimum Gasteiger partial charge on any atom is -0.497 e. The normalized spacial score (nSPS) is 21.8. The molecule has 0 spiro atoms. The van der Waals surface area contributed by atoms with Crippen LogP contribution in [0.5, 0.6) is 11.5 Å². The molecule has 0 unspecified atom stereocenters. The summed E-state index contributed by atoms with van der Waals surface area (Å²) >= 11 is 0. The molecular formula is C34H32N2O3. The van der Waals surface area contributed by atoms with Gasteiger partial charge in [-0.05, 0) is 81.0 Å². The molecule has 1 aliphatic heterocycles. The minimum atomic E-state index is -0.241. The Hall–Kier alpha value is -3.99. The molecular weight excluding hydrogens is 484 g/mol. The van der Waals surface area contributed by atoms with Gasteiger partial charge in [-0.1, -0.05) is 37.6 Å². The van der Waals surface area contributed by atoms with Gasteiger partial charge in [-0.3, -0.25) is 4.79 Å². The molecule has 1 fully saturated rings. The van der Waals surface area contributed by atoms with Gasteiger partial charge in [0, 0.05) is 33.4 Å². The van der Waals surface area contributed by atoms with E-state index in [2.05, 4.69) is 39.0 Å². The average Bonchev–Trinajstić information content (AvgIpc) is 2.95. The standard InChI is InChI=1S/C34H32N2O3/c1-19-9-15-26-25(17-19)29-31-30(23-7-5-6-8-24(23)33(29)39-34(26,2)3)36-28-18-21(12-16-27(28)35-31)32(37)20-10-13-22(38-4)14-11-20/h5-8,10-14,16,18-19,25-26H,9,15,17H2,1-4H3/t19-,25-,26-/m0/s1. The van der Waals surface area contributed by atoms with E-state index in [-0.39, 0.29) is 11.4 Å². The van der Waals surface area contributed by atoms with Crippen molar-refractivity contribution in [3.05, 3.63) is 83.4 Å². The number of aromatic nitrogens is 2. The van der Waals surface area contributed by atoms with Crippen molar-refractivity contribution < 1.29 is 14.3 Å². The molecule has 5 heteroatoms. The molecule has 1 aliphatic carbocycles. The highest BCUT2D eigenvalue weighted by Crippen LogP contribution is 2.56. The van der Waals surface area contributed by atoms with Crippen LogP contribution in [0.1, 0.15) is 67.4 Å². The number of ketones is 1. The predicted octanol–water partition coefficient (Wildman–Crippen LogP) is 7.87. The highest BCUT2D eigenvalue weighted by atomic mass is 16.5. The van der Waals surface area contributed by atoms with Gasteiger partial charge in [0.2, 0.25) is 0 Å². The number of carbonyl (C=O) groups is 1. The summed E-state index contributed by atoms with van der Waals surface area (Å²) in [4.78, 5) is 23.7. The maximum atomic E-state index is 13.3. The third-order valence-corrected chi connectivity index (χ3v) is 8.95. The largest absolute Gasteiger partial charge is 0.497 e. The molecule has 7 rings (SSSR count). The molecule has 196 valence electrons. The molecule has 5 aromatic rings. The van der Waals surface area contributed by atoms with E-state index in [4.69, 9.17) is 19.4 Å². The van der Waals surface area contributed by atoms with E-state index < -0.39 is 0 Å². The van der Waals surface area contributed by atoms with Crippen LogP contribution in [0.15, 0.2) is 66.7 Å². The number of rotatable bonds is 3. The Labute approximate surface area is 228 Å². The second-order valence-electron chi connectivity index (χ2n) is 11.8. The Bertz CT molecular complexity index is 1770. The summed E-state index contributed by atoms with van der Waals surface area (Å²) in [6, 6.07) is 21.2. The van der Waals surface area contributed by atoms with Gasteiger partial charge >= 0.3 is 0 Å². The Kier molecular flexibility index (Phi) is 5.41. The lowest BCUT2D eigenvalue weighted by Gasteiger charge is -2.49. The topological polar surface area (TPSA) is 61.3 Å². The van der Waals surface area contributed by atoms with Gasteiger partial charge in [-0.15, -0.1) is 0 Å². The zero-order valence-electron chi connectivity index (χ0n) is 22.8. The van der Waals surface area contributed by atoms with Crippen LogP contribution in [0, 0.1) is 11.8 Å². The second-order valence-corrected chi connectivity index (χ2v) is 11.8. The van der Waals surface area contributed by atoms with E-state index in [1.807, 2.05) is 24.3 Å². The molecule has 1 aromatic heterocycles. The lowest BCUT2D eigenvalue weighted by Crippen LogP contribution is -2.46. The highest BCUT2D eigenvalue weighted by molar-refractivity contribution is 6.13. The van der Waals surface area contributed by atoms with Gasteiger partial charge in [-0.25, -0.2) is 9.97 Å². The van der Waals surface area contributed by atoms with E-state index in [1.165, 1.54) is 12.0 Å². The minimum absolute atomic E-state index is 0.0496. The van der Waals surface area contributed by atoms with Crippen LogP contribution in [0.25, 0.3) is 32.8 Å². The van der Waals surface area contributed by atoms with E-state index in [1.54, 1.807) is 31.4 Å². The summed E-state index contributed by atoms with van der Waals surface area (Å²) < 4.78 is 12.1. The number of carbonyl (C=O) groups excluding carboxylic acids is 1. The first-order valence-corrected chi connectivity index (χ1v) is 13.9. The first-order chi connectivity index (χ1) is 18.8. The number of hydrogen-bond acceptors (Lipinski definition) is 5. The molecule has 0 amide bonds. The van der Waals surface area contributed by atoms with Crippen molar-refractivity contribution in [3.63, 3.8) is 0 Å². The van der Waals surface area contributed by atoms with Gasteiger partial charge in [0.15, 0.2) is 5.78 Å². The summed E-state index contributed by atoms with van der Waals surface area (Å²) in [6.45, 7) is 6.86. The molecule has 2 aliphatic rings. The Morgan fingerprint density at radius 2 is 1.62 bits per heavy atom. The number of benzene rings is 4. The van der Waals surface area contributed by atoms with Crippen LogP contribution in [0.4, 0.5) is 0 Å². The van der Waals surface area contributed by atoms with Gasteiger partial charge < -0.3 is 9.47 Å². The average molecular weight is 517 g/mol. The van der Waals surface area contributed by atoms with Crippen molar-refractivity contribution in [2.24, 2.45) is 11.8 Å². The van der Waals surface area contributed by atoms with Crippen molar-refractivity contribution in [2.75, 3.05) is 7.11 Å². The van der Waals surface area contributed by atoms with Crippen molar-refractivity contribution in [1.82, 2.24) is 9.97 Å². The lowest BCUT2D eigenvalue weighted by atomic mass is 9.64. The number of nitrogens with zero attached hydrogens (tertiary/aromatic N) is 2. The first kappa shape index (κ1) is 24.1. The van der Waals surface area contributed by atoms with Gasteiger partial charge in [0.25, 0.3) is 0 Å². The van der Waals surface area contributed by atoms with Gasteiger partial charge in [0.05, 0.1) is 29.2 Å². The summed E-state index contributed by atoms with van der Waals surface area (Å²) in [7, 11) is 1.62. The molecule has 4 aromatic carbocycles. The van der Waals surface area contributed by atoms with E-state index in [0.717, 1.165) is 57.2 Å². The van der Waals surface area contributed by atoms with Crippen LogP contribution in [-0.2, 0) is 0 Å². The van der Waals surface area contributed by atoms with Crippen molar-refractivity contribution >= 4 is 38.6 Å². The third kappa shape index (κ3) is 3.78. The van der Waals surface area contributed by atoms with Crippen molar-refractivity contribution in [3.8, 4) is 11.5 Å². The Morgan fingerprint density at radius 1 is 0.897 bits per heavy atom. The fraction of sp³-hybridized carbons (Fsp3) is 0.324. The Balaban J connectivity index is 1.45. The molecule has 39 heavy (non-hydrogen) atoms. The maximum Gasteiger partial charge on any atom is 0.193 e. The molecule has 0 saturated heterocycles. The van der Waals surface area contributed by atoms with Crippen LogP contribution < -0.4 is 9.47 Å². The SMILES string of the molecule is COc1ccc(C(=O)c2ccc3nc4c5c(c6ccccc6c4nc3c2)OC(C)(C)[C@H]2CC[C@H](C)C[C@H]52)cc1. The predicted molar refractivity (Wildman–Crippen MR) is 155 cm³/mol. The van der Waals surface area contributed by atoms with E-state index in [0.29, 0.717) is 28.9 Å². The Morgan fingerprint density at radius 3 is 2.38 bits per heavy atom. The smallest absolute Gasteiger partial charge is 0.193 e. The van der Waals surface area contributed by atoms with Crippen LogP contribution in [-0.4, -0.2) is 28.5 Å². The number of fused-ring (bicyclic) bond motifs is 9. The number of methoxy groups -OCH3 is 1.